The summed E-state index contributed by atoms with van der Waals surface area (Å²) >= 11 is 1.79. The highest BCUT2D eigenvalue weighted by Gasteiger charge is 2.47. The van der Waals surface area contributed by atoms with Crippen molar-refractivity contribution in [3.8, 4) is 0 Å². The Labute approximate surface area is 168 Å². The molecule has 0 unspecified atom stereocenters. The van der Waals surface area contributed by atoms with Gasteiger partial charge in [0.05, 0.1) is 4.87 Å². The lowest BCUT2D eigenvalue weighted by Gasteiger charge is -2.44. The third kappa shape index (κ3) is 3.41. The van der Waals surface area contributed by atoms with Crippen molar-refractivity contribution in [3.05, 3.63) is 71.0 Å². The predicted octanol–water partition coefficient (Wildman–Crippen LogP) is 3.96. The summed E-state index contributed by atoms with van der Waals surface area (Å²) in [6, 6.07) is 13.5. The third-order valence-electron chi connectivity index (χ3n) is 5.70. The van der Waals surface area contributed by atoms with Gasteiger partial charge >= 0.3 is 0 Å². The number of amides is 2. The van der Waals surface area contributed by atoms with E-state index in [1.165, 1.54) is 12.1 Å². The van der Waals surface area contributed by atoms with E-state index in [-0.39, 0.29) is 16.7 Å². The van der Waals surface area contributed by atoms with Crippen LogP contribution in [0.4, 0.5) is 4.39 Å². The van der Waals surface area contributed by atoms with E-state index >= 15 is 0 Å². The molecule has 28 heavy (non-hydrogen) atoms. The minimum Gasteiger partial charge on any atom is -0.338 e. The van der Waals surface area contributed by atoms with E-state index in [4.69, 9.17) is 0 Å². The van der Waals surface area contributed by atoms with Crippen LogP contribution in [0, 0.1) is 12.7 Å². The minimum absolute atomic E-state index is 0.0546. The maximum Gasteiger partial charge on any atom is 0.255 e. The summed E-state index contributed by atoms with van der Waals surface area (Å²) in [5.74, 6) is 0.403. The van der Waals surface area contributed by atoms with Crippen LogP contribution in [0.5, 0.6) is 0 Å². The maximum absolute atomic E-state index is 13.6. The molecular weight excluding hydrogens is 375 g/mol. The summed E-state index contributed by atoms with van der Waals surface area (Å²) < 4.78 is 13.6. The van der Waals surface area contributed by atoms with Crippen LogP contribution < -0.4 is 0 Å². The van der Waals surface area contributed by atoms with E-state index in [1.807, 2.05) is 41.0 Å². The average molecular weight is 399 g/mol. The molecule has 4 nitrogen and oxygen atoms in total. The van der Waals surface area contributed by atoms with Gasteiger partial charge in [-0.3, -0.25) is 9.59 Å². The largest absolute Gasteiger partial charge is 0.338 e. The lowest BCUT2D eigenvalue weighted by molar-refractivity contribution is 0.0497. The Morgan fingerprint density at radius 2 is 1.75 bits per heavy atom. The highest BCUT2D eigenvalue weighted by Crippen LogP contribution is 2.44. The summed E-state index contributed by atoms with van der Waals surface area (Å²) in [5.41, 5.74) is 2.11. The number of aryl methyl sites for hydroxylation is 1. The second kappa shape index (κ2) is 7.59. The van der Waals surface area contributed by atoms with Crippen molar-refractivity contribution in [3.63, 3.8) is 0 Å². The first-order valence-corrected chi connectivity index (χ1v) is 10.6. The van der Waals surface area contributed by atoms with Crippen LogP contribution in [0.15, 0.2) is 48.5 Å². The van der Waals surface area contributed by atoms with Gasteiger partial charge in [0.1, 0.15) is 5.82 Å². The van der Waals surface area contributed by atoms with Crippen molar-refractivity contribution < 1.29 is 14.0 Å². The van der Waals surface area contributed by atoms with Crippen molar-refractivity contribution in [1.29, 1.82) is 0 Å². The van der Waals surface area contributed by atoms with E-state index in [1.54, 1.807) is 23.9 Å². The zero-order valence-corrected chi connectivity index (χ0v) is 16.7. The lowest BCUT2D eigenvalue weighted by Crippen LogP contribution is -2.53. The molecule has 0 bridgehead atoms. The smallest absolute Gasteiger partial charge is 0.255 e. The van der Waals surface area contributed by atoms with Gasteiger partial charge in [0.25, 0.3) is 11.8 Å². The van der Waals surface area contributed by atoms with Gasteiger partial charge in [0, 0.05) is 36.5 Å². The number of carbonyl (C=O) groups is 2. The molecule has 0 atom stereocenters. The number of likely N-dealkylation sites (tertiary alicyclic amines) is 1. The standard InChI is InChI=1S/C22H23FN2O2S/c1-16-5-2-3-8-19(16)21(27)24-11-9-22(10-12-24)25(13-14-28-22)20(26)17-6-4-7-18(23)15-17/h2-8,15H,9-14H2,1H3. The number of hydrogen-bond acceptors (Lipinski definition) is 3. The normalized spacial score (nSPS) is 18.5. The number of carbonyl (C=O) groups excluding carboxylic acids is 2. The van der Waals surface area contributed by atoms with Crippen molar-refractivity contribution in [2.24, 2.45) is 0 Å². The van der Waals surface area contributed by atoms with Crippen LogP contribution in [0.3, 0.4) is 0 Å². The van der Waals surface area contributed by atoms with Crippen LogP contribution >= 0.6 is 11.8 Å². The van der Waals surface area contributed by atoms with Crippen LogP contribution in [0.25, 0.3) is 0 Å². The van der Waals surface area contributed by atoms with E-state index in [0.717, 1.165) is 29.7 Å². The molecule has 2 saturated heterocycles. The number of piperidine rings is 1. The van der Waals surface area contributed by atoms with E-state index < -0.39 is 5.82 Å². The van der Waals surface area contributed by atoms with E-state index in [2.05, 4.69) is 0 Å². The van der Waals surface area contributed by atoms with Crippen LogP contribution in [0.2, 0.25) is 0 Å². The highest BCUT2D eigenvalue weighted by molar-refractivity contribution is 8.00. The summed E-state index contributed by atoms with van der Waals surface area (Å²) in [6.07, 6.45) is 1.46. The second-order valence-electron chi connectivity index (χ2n) is 7.37. The van der Waals surface area contributed by atoms with Crippen molar-refractivity contribution in [2.45, 2.75) is 24.6 Å². The fourth-order valence-electron chi connectivity index (χ4n) is 4.13. The second-order valence-corrected chi connectivity index (χ2v) is 8.83. The molecule has 2 fully saturated rings. The first-order chi connectivity index (χ1) is 13.5. The monoisotopic (exact) mass is 398 g/mol. The molecular formula is C22H23FN2O2S. The molecule has 0 saturated carbocycles. The zero-order valence-electron chi connectivity index (χ0n) is 15.9. The quantitative estimate of drug-likeness (QED) is 0.769. The summed E-state index contributed by atoms with van der Waals surface area (Å²) in [5, 5.41) is 0. The highest BCUT2D eigenvalue weighted by atomic mass is 32.2. The van der Waals surface area contributed by atoms with Gasteiger partial charge in [0.2, 0.25) is 0 Å². The third-order valence-corrected chi connectivity index (χ3v) is 7.25. The van der Waals surface area contributed by atoms with Gasteiger partial charge in [0.15, 0.2) is 0 Å². The Morgan fingerprint density at radius 3 is 2.46 bits per heavy atom. The number of benzene rings is 2. The summed E-state index contributed by atoms with van der Waals surface area (Å²) in [7, 11) is 0. The summed E-state index contributed by atoms with van der Waals surface area (Å²) in [6.45, 7) is 3.84. The Bertz CT molecular complexity index is 909. The first kappa shape index (κ1) is 19.0. The van der Waals surface area contributed by atoms with Crippen LogP contribution in [-0.4, -0.2) is 51.9 Å². The van der Waals surface area contributed by atoms with Crippen molar-refractivity contribution >= 4 is 23.6 Å². The van der Waals surface area contributed by atoms with Crippen molar-refractivity contribution in [1.82, 2.24) is 9.80 Å². The molecule has 2 heterocycles. The van der Waals surface area contributed by atoms with Gasteiger partial charge < -0.3 is 9.80 Å². The Kier molecular flexibility index (Phi) is 5.15. The summed E-state index contributed by atoms with van der Waals surface area (Å²) in [4.78, 5) is 29.4. The van der Waals surface area contributed by atoms with Gasteiger partial charge in [-0.05, 0) is 49.6 Å². The van der Waals surface area contributed by atoms with Gasteiger partial charge in [-0.1, -0.05) is 24.3 Å². The lowest BCUT2D eigenvalue weighted by atomic mass is 9.99. The molecule has 2 aromatic rings. The number of halogens is 1. The van der Waals surface area contributed by atoms with Gasteiger partial charge in [-0.15, -0.1) is 11.8 Å². The molecule has 0 radical (unpaired) electrons. The van der Waals surface area contributed by atoms with E-state index in [9.17, 15) is 14.0 Å². The molecule has 2 aliphatic rings. The van der Waals surface area contributed by atoms with Crippen LogP contribution in [0.1, 0.15) is 39.1 Å². The first-order valence-electron chi connectivity index (χ1n) is 9.57. The topological polar surface area (TPSA) is 40.6 Å². The number of nitrogens with zero attached hydrogens (tertiary/aromatic N) is 2. The predicted molar refractivity (Wildman–Crippen MR) is 109 cm³/mol. The maximum atomic E-state index is 13.6. The molecule has 2 aliphatic heterocycles. The van der Waals surface area contributed by atoms with Gasteiger partial charge in [-0.2, -0.15) is 0 Å². The number of hydrogen-bond donors (Lipinski definition) is 0. The van der Waals surface area contributed by atoms with Crippen LogP contribution in [-0.2, 0) is 0 Å². The Balaban J connectivity index is 1.49. The van der Waals surface area contributed by atoms with Crippen molar-refractivity contribution in [2.75, 3.05) is 25.4 Å². The fraction of sp³-hybridized carbons (Fsp3) is 0.364. The number of rotatable bonds is 2. The average Bonchev–Trinajstić information content (AvgIpc) is 3.11. The molecule has 0 aliphatic carbocycles. The van der Waals surface area contributed by atoms with E-state index in [0.29, 0.717) is 25.2 Å². The molecule has 4 rings (SSSR count). The Hall–Kier alpha value is -2.34. The van der Waals surface area contributed by atoms with Gasteiger partial charge in [-0.25, -0.2) is 4.39 Å². The molecule has 6 heteroatoms. The molecule has 0 N–H and O–H groups in total. The molecule has 2 amide bonds. The zero-order chi connectivity index (χ0) is 19.7. The molecule has 0 aromatic heterocycles. The fourth-order valence-corrected chi connectivity index (χ4v) is 5.58. The molecule has 146 valence electrons. The molecule has 2 aromatic carbocycles. The molecule has 1 spiro atoms. The SMILES string of the molecule is Cc1ccccc1C(=O)N1CCC2(CC1)SCCN2C(=O)c1cccc(F)c1. The number of thioether (sulfide) groups is 1. The Morgan fingerprint density at radius 1 is 1.00 bits per heavy atom. The minimum atomic E-state index is -0.398.